The summed E-state index contributed by atoms with van der Waals surface area (Å²) >= 11 is 0. The third kappa shape index (κ3) is 6.11. The zero-order valence-electron chi connectivity index (χ0n) is 23.3. The summed E-state index contributed by atoms with van der Waals surface area (Å²) in [7, 11) is 6.37. The van der Waals surface area contributed by atoms with Crippen LogP contribution in [0.1, 0.15) is 49.8 Å². The number of likely N-dealkylation sites (tertiary alicyclic amines) is 1. The van der Waals surface area contributed by atoms with Crippen LogP contribution in [0, 0.1) is 0 Å². The normalized spacial score (nSPS) is 19.3. The van der Waals surface area contributed by atoms with Crippen LogP contribution < -0.4 is 18.9 Å². The van der Waals surface area contributed by atoms with E-state index in [1.54, 1.807) is 47.5 Å². The summed E-state index contributed by atoms with van der Waals surface area (Å²) in [5.41, 5.74) is 2.28. The lowest BCUT2D eigenvalue weighted by Gasteiger charge is -2.34. The molecule has 0 radical (unpaired) electrons. The van der Waals surface area contributed by atoms with Gasteiger partial charge in [0.25, 0.3) is 5.91 Å². The Morgan fingerprint density at radius 2 is 1.62 bits per heavy atom. The highest BCUT2D eigenvalue weighted by Crippen LogP contribution is 2.41. The highest BCUT2D eigenvalue weighted by molar-refractivity contribution is 6.05. The van der Waals surface area contributed by atoms with Gasteiger partial charge in [0.15, 0.2) is 0 Å². The van der Waals surface area contributed by atoms with Crippen molar-refractivity contribution in [3.05, 3.63) is 47.5 Å². The van der Waals surface area contributed by atoms with Crippen LogP contribution in [0.15, 0.2) is 41.5 Å². The second kappa shape index (κ2) is 12.8. The first kappa shape index (κ1) is 28.2. The summed E-state index contributed by atoms with van der Waals surface area (Å²) < 4.78 is 27.3. The number of piperidine rings is 1. The summed E-state index contributed by atoms with van der Waals surface area (Å²) in [6.07, 6.45) is 2.94. The van der Waals surface area contributed by atoms with E-state index >= 15 is 0 Å². The molecule has 2 heterocycles. The molecule has 0 N–H and O–H groups in total. The van der Waals surface area contributed by atoms with Crippen LogP contribution in [0.2, 0.25) is 0 Å². The Bertz CT molecular complexity index is 1220. The molecule has 2 aromatic carbocycles. The maximum absolute atomic E-state index is 13.9. The molecule has 2 aliphatic rings. The van der Waals surface area contributed by atoms with Crippen LogP contribution in [0.3, 0.4) is 0 Å². The van der Waals surface area contributed by atoms with Crippen LogP contribution in [-0.4, -0.2) is 81.7 Å². The number of hydrogen-bond acceptors (Lipinski definition) is 9. The van der Waals surface area contributed by atoms with Crippen molar-refractivity contribution in [2.75, 3.05) is 48.1 Å². The van der Waals surface area contributed by atoms with Crippen LogP contribution in [0.5, 0.6) is 23.0 Å². The molecule has 2 aliphatic heterocycles. The quantitative estimate of drug-likeness (QED) is 0.421. The molecule has 2 aromatic rings. The van der Waals surface area contributed by atoms with Crippen LogP contribution in [0.25, 0.3) is 0 Å². The maximum atomic E-state index is 13.9. The van der Waals surface area contributed by atoms with Gasteiger partial charge in [-0.1, -0.05) is 6.42 Å². The van der Waals surface area contributed by atoms with Crippen molar-refractivity contribution < 1.29 is 33.3 Å². The molecule has 0 unspecified atom stereocenters. The molecule has 4 rings (SSSR count). The monoisotopic (exact) mass is 539 g/mol. The fourth-order valence-electron chi connectivity index (χ4n) is 5.21. The number of methoxy groups -OCH3 is 4. The van der Waals surface area contributed by atoms with E-state index in [9.17, 15) is 9.59 Å². The molecular formula is C29H37N3O7. The Kier molecular flexibility index (Phi) is 9.29. The smallest absolute Gasteiger partial charge is 0.323 e. The lowest BCUT2D eigenvalue weighted by atomic mass is 9.96. The summed E-state index contributed by atoms with van der Waals surface area (Å²) in [5, 5.41) is 6.33. The van der Waals surface area contributed by atoms with Crippen molar-refractivity contribution >= 4 is 17.6 Å². The minimum atomic E-state index is -0.440. The lowest BCUT2D eigenvalue weighted by molar-refractivity contribution is -0.152. The fourth-order valence-corrected chi connectivity index (χ4v) is 5.21. The molecule has 0 spiro atoms. The van der Waals surface area contributed by atoms with Crippen molar-refractivity contribution in [3.63, 3.8) is 0 Å². The third-order valence-corrected chi connectivity index (χ3v) is 7.20. The number of nitrogens with zero attached hydrogens (tertiary/aromatic N) is 3. The van der Waals surface area contributed by atoms with Crippen molar-refractivity contribution in [1.29, 1.82) is 0 Å². The molecule has 10 heteroatoms. The predicted molar refractivity (Wildman–Crippen MR) is 146 cm³/mol. The number of benzene rings is 2. The number of rotatable bonds is 10. The second-order valence-corrected chi connectivity index (χ2v) is 9.41. The van der Waals surface area contributed by atoms with E-state index in [0.717, 1.165) is 24.0 Å². The van der Waals surface area contributed by atoms with E-state index in [4.69, 9.17) is 28.8 Å². The molecule has 1 saturated heterocycles. The number of amides is 1. The summed E-state index contributed by atoms with van der Waals surface area (Å²) in [6.45, 7) is 2.79. The van der Waals surface area contributed by atoms with Crippen molar-refractivity contribution in [1.82, 2.24) is 9.91 Å². The molecule has 2 atom stereocenters. The molecule has 1 fully saturated rings. The number of carbonyl (C=O) groups excluding carboxylic acids is 2. The molecule has 10 nitrogen and oxygen atoms in total. The molecule has 39 heavy (non-hydrogen) atoms. The van der Waals surface area contributed by atoms with Gasteiger partial charge in [-0.2, -0.15) is 5.10 Å². The molecule has 210 valence electrons. The van der Waals surface area contributed by atoms with Gasteiger partial charge in [0, 0.05) is 29.7 Å². The number of esters is 1. The van der Waals surface area contributed by atoms with E-state index < -0.39 is 12.1 Å². The Morgan fingerprint density at radius 1 is 0.923 bits per heavy atom. The Balaban J connectivity index is 1.70. The standard InChI is InChI=1S/C29H37N3O7/c1-6-39-29(34)24-9-7-8-14-31(24)18-28(33)32-25(22-13-11-20(36-3)16-27(22)38-5)17-23(30-32)21-12-10-19(35-2)15-26(21)37-4/h10-13,15-16,24-25H,6-9,14,17-18H2,1-5H3/t24-,25-/m1/s1. The average Bonchev–Trinajstić information content (AvgIpc) is 3.42. The third-order valence-electron chi connectivity index (χ3n) is 7.20. The van der Waals surface area contributed by atoms with Crippen LogP contribution >= 0.6 is 0 Å². The number of carbonyl (C=O) groups is 2. The summed E-state index contributed by atoms with van der Waals surface area (Å²) in [6, 6.07) is 10.2. The van der Waals surface area contributed by atoms with Gasteiger partial charge in [0.05, 0.1) is 53.3 Å². The number of hydrogen-bond donors (Lipinski definition) is 0. The second-order valence-electron chi connectivity index (χ2n) is 9.41. The zero-order valence-corrected chi connectivity index (χ0v) is 23.3. The van der Waals surface area contributed by atoms with Crippen LogP contribution in [-0.2, 0) is 14.3 Å². The minimum Gasteiger partial charge on any atom is -0.497 e. The van der Waals surface area contributed by atoms with E-state index in [1.807, 2.05) is 29.2 Å². The molecule has 1 amide bonds. The van der Waals surface area contributed by atoms with Crippen LogP contribution in [0.4, 0.5) is 0 Å². The van der Waals surface area contributed by atoms with Gasteiger partial charge in [0.1, 0.15) is 29.0 Å². The molecule has 0 aromatic heterocycles. The first-order valence-corrected chi connectivity index (χ1v) is 13.2. The van der Waals surface area contributed by atoms with E-state index in [1.165, 1.54) is 5.01 Å². The molecular weight excluding hydrogens is 502 g/mol. The van der Waals surface area contributed by atoms with Gasteiger partial charge >= 0.3 is 5.97 Å². The largest absolute Gasteiger partial charge is 0.497 e. The summed E-state index contributed by atoms with van der Waals surface area (Å²) in [4.78, 5) is 28.4. The van der Waals surface area contributed by atoms with Crippen molar-refractivity contribution in [2.24, 2.45) is 5.10 Å². The predicted octanol–water partition coefficient (Wildman–Crippen LogP) is 3.82. The SMILES string of the molecule is CCOC(=O)[C@H]1CCCCN1CC(=O)N1N=C(c2ccc(OC)cc2OC)C[C@@H]1c1ccc(OC)cc1OC. The van der Waals surface area contributed by atoms with Crippen molar-refractivity contribution in [3.8, 4) is 23.0 Å². The maximum Gasteiger partial charge on any atom is 0.323 e. The molecule has 0 bridgehead atoms. The minimum absolute atomic E-state index is 0.0506. The van der Waals surface area contributed by atoms with Gasteiger partial charge in [0.2, 0.25) is 0 Å². The molecule has 0 aliphatic carbocycles. The van der Waals surface area contributed by atoms with Crippen molar-refractivity contribution in [2.45, 2.75) is 44.7 Å². The first-order chi connectivity index (χ1) is 18.9. The molecule has 0 saturated carbocycles. The van der Waals surface area contributed by atoms with Gasteiger partial charge in [-0.05, 0) is 50.6 Å². The lowest BCUT2D eigenvalue weighted by Crippen LogP contribution is -2.49. The average molecular weight is 540 g/mol. The highest BCUT2D eigenvalue weighted by Gasteiger charge is 2.38. The Morgan fingerprint density at radius 3 is 2.28 bits per heavy atom. The van der Waals surface area contributed by atoms with Gasteiger partial charge in [-0.15, -0.1) is 0 Å². The van der Waals surface area contributed by atoms with E-state index in [-0.39, 0.29) is 18.4 Å². The fraction of sp³-hybridized carbons (Fsp3) is 0.483. The van der Waals surface area contributed by atoms with Gasteiger partial charge in [-0.3, -0.25) is 14.5 Å². The summed E-state index contributed by atoms with van der Waals surface area (Å²) in [5.74, 6) is 2.00. The Labute approximate surface area is 229 Å². The Hall–Kier alpha value is -3.79. The van der Waals surface area contributed by atoms with Gasteiger partial charge < -0.3 is 23.7 Å². The first-order valence-electron chi connectivity index (χ1n) is 13.2. The number of hydrazone groups is 1. The topological polar surface area (TPSA) is 99.1 Å². The van der Waals surface area contributed by atoms with E-state index in [2.05, 4.69) is 0 Å². The van der Waals surface area contributed by atoms with E-state index in [0.29, 0.717) is 54.7 Å². The van der Waals surface area contributed by atoms with Gasteiger partial charge in [-0.25, -0.2) is 5.01 Å². The highest BCUT2D eigenvalue weighted by atomic mass is 16.5. The number of ether oxygens (including phenoxy) is 5. The zero-order chi connectivity index (χ0) is 27.9.